The number of nitrogens with zero attached hydrogens (tertiary/aromatic N) is 9. The number of carbonyl (C=O) groups excluding carboxylic acids is 8. The van der Waals surface area contributed by atoms with Crippen LogP contribution in [0.1, 0.15) is 135 Å². The zero-order valence-corrected chi connectivity index (χ0v) is 81.8. The molecule has 3 aromatic rings. The number of hydrogen-bond donors (Lipinski definition) is 10. The zero-order valence-electron chi connectivity index (χ0n) is 69.1. The van der Waals surface area contributed by atoms with Gasteiger partial charge >= 0.3 is 0 Å². The van der Waals surface area contributed by atoms with Crippen LogP contribution in [0.4, 0.5) is 0 Å². The van der Waals surface area contributed by atoms with Crippen molar-refractivity contribution >= 4 is 175 Å². The van der Waals surface area contributed by atoms with Crippen LogP contribution in [0, 0.1) is 21.7 Å². The Labute approximate surface area is 742 Å². The average Bonchev–Trinajstić information content (AvgIpc) is 1.70. The number of amides is 8. The first kappa shape index (κ1) is 106. The highest BCUT2D eigenvalue weighted by Crippen LogP contribution is 2.30. The molecule has 8 amide bonds. The maximum atomic E-state index is 13.5. The summed E-state index contributed by atoms with van der Waals surface area (Å²) < 4.78 is 45.7. The van der Waals surface area contributed by atoms with Gasteiger partial charge in [0.2, 0.25) is 47.3 Å². The Morgan fingerprint density at radius 1 is 0.330 bits per heavy atom. The number of aliphatic hydroxyl groups is 2. The Hall–Kier alpha value is -3.38. The van der Waals surface area contributed by atoms with Crippen LogP contribution in [-0.4, -0.2) is 288 Å². The van der Waals surface area contributed by atoms with Crippen molar-refractivity contribution < 1.29 is 86.5 Å². The number of carbonyl (C=O) groups is 8. The molecule has 3 heterocycles. The summed E-state index contributed by atoms with van der Waals surface area (Å²) in [6.07, 6.45) is 4.14. The first-order valence-electron chi connectivity index (χ1n) is 37.3. The van der Waals surface area contributed by atoms with E-state index in [0.29, 0.717) is 17.1 Å². The van der Waals surface area contributed by atoms with E-state index in [9.17, 15) is 43.5 Å². The molecule has 0 saturated carbocycles. The lowest BCUT2D eigenvalue weighted by Gasteiger charge is -2.36. The first-order chi connectivity index (χ1) is 52.9. The van der Waals surface area contributed by atoms with Crippen molar-refractivity contribution in [1.29, 1.82) is 0 Å². The molecule has 0 radical (unpaired) electrons. The quantitative estimate of drug-likeness (QED) is 0.0258. The fraction of sp³-hybridized carbons (Fsp3) is 0.806. The van der Waals surface area contributed by atoms with Crippen LogP contribution in [-0.2, 0) is 116 Å². The molecule has 35 nitrogen and oxygen atoms in total. The van der Waals surface area contributed by atoms with Crippen molar-refractivity contribution in [3.05, 3.63) is 35.7 Å². The van der Waals surface area contributed by atoms with Gasteiger partial charge in [0.1, 0.15) is 23.2 Å². The maximum Gasteiger partial charge on any atom is 0.236 e. The third kappa shape index (κ3) is 41.8. The van der Waals surface area contributed by atoms with E-state index in [1.165, 1.54) is 0 Å². The summed E-state index contributed by atoms with van der Waals surface area (Å²) in [4.78, 5) is 107. The van der Waals surface area contributed by atoms with Crippen LogP contribution in [0.25, 0.3) is 0 Å². The molecule has 0 spiro atoms. The lowest BCUT2D eigenvalue weighted by atomic mass is 9.87. The molecule has 0 aromatic carbocycles. The summed E-state index contributed by atoms with van der Waals surface area (Å²) >= 11 is 27.5. The van der Waals surface area contributed by atoms with Crippen molar-refractivity contribution in [1.82, 2.24) is 87.5 Å². The molecular weight excluding hydrogens is 2030 g/mol. The molecule has 3 aromatic heterocycles. The smallest absolute Gasteiger partial charge is 0.236 e. The van der Waals surface area contributed by atoms with Gasteiger partial charge in [-0.25, -0.2) is 0 Å². The highest BCUT2D eigenvalue weighted by Gasteiger charge is 2.42. The van der Waals surface area contributed by atoms with Crippen LogP contribution < -0.4 is 42.5 Å². The molecule has 0 aliphatic heterocycles. The first-order valence-corrected chi connectivity index (χ1v) is 43.7. The predicted molar refractivity (Wildman–Crippen MR) is 460 cm³/mol. The summed E-state index contributed by atoms with van der Waals surface area (Å²) in [7, 11) is 0. The van der Waals surface area contributed by atoms with Crippen molar-refractivity contribution in [3.8, 4) is 0 Å². The standard InChI is InChI=1S/C72H121Br8N17O18/c1-61(2,73)53(100)81-34-69(17,35-82-54(101)62(3,4)74)45-113-30-49-26-95(92-89-49)42-72(48-112-25-23-110-21-19-108-18-20-109-22-24-111-33-52(99)29-98,43-96-27-50(90-93-96)31-114-46-70(36-83-55(102)63(5,6)75,37-84-56(103)64(7,8)76)38-85-57(104)65(9,10)77)44-97-28-51(91-94-97)32-115-47-71(39-86-58(105)66(11,12)78,40-87-59(106)67(13,14)79)41-88-60(107)68(15,16)80/h26-28,52,98-99H,18-25,29-48H2,1-17H3,(H,81,100)(H,82,101)(H,83,102)(H,84,103)(H,85,104)(H,86,105)(H,87,106)(H,88,107). The number of aromatic nitrogens is 9. The minimum absolute atomic E-state index is 0.0109. The van der Waals surface area contributed by atoms with Gasteiger partial charge in [-0.05, 0) is 111 Å². The largest absolute Gasteiger partial charge is 0.394 e. The second kappa shape index (κ2) is 47.9. The number of nitrogens with one attached hydrogen (secondary N) is 8. The van der Waals surface area contributed by atoms with Crippen LogP contribution in [0.5, 0.6) is 0 Å². The second-order valence-electron chi connectivity index (χ2n) is 33.1. The molecule has 10 N–H and O–H groups in total. The zero-order chi connectivity index (χ0) is 87.1. The molecule has 43 heteroatoms. The Morgan fingerprint density at radius 2 is 0.548 bits per heavy atom. The fourth-order valence-electron chi connectivity index (χ4n) is 9.97. The summed E-state index contributed by atoms with van der Waals surface area (Å²) in [6, 6.07) is 0. The van der Waals surface area contributed by atoms with Gasteiger partial charge in [0.25, 0.3) is 0 Å². The van der Waals surface area contributed by atoms with Gasteiger partial charge in [-0.2, -0.15) is 0 Å². The molecule has 0 saturated heterocycles. The van der Waals surface area contributed by atoms with Crippen molar-refractivity contribution in [2.45, 2.75) is 198 Å². The lowest BCUT2D eigenvalue weighted by Crippen LogP contribution is -2.57. The Morgan fingerprint density at radius 3 is 0.791 bits per heavy atom. The van der Waals surface area contributed by atoms with Gasteiger partial charge in [-0.15, -0.1) is 15.3 Å². The van der Waals surface area contributed by atoms with E-state index in [2.05, 4.69) is 201 Å². The SMILES string of the molecule is CC(CNC(=O)C(C)(C)Br)(CNC(=O)C(C)(C)Br)COCc1cn(CC(COCCOCCOCCOCCOCC(O)CO)(Cn2cc(COCC(CNC(=O)C(C)(C)Br)(CNC(=O)C(C)(C)Br)CNC(=O)C(C)(C)Br)nn2)Cn2cc(COCC(CNC(=O)C(C)(C)Br)(CNC(=O)C(C)(C)Br)CNC(=O)C(C)(C)Br)nn2)nn1. The topological polar surface area (TPSA) is 439 Å². The van der Waals surface area contributed by atoms with E-state index < -0.39 is 69.0 Å². The van der Waals surface area contributed by atoms with E-state index in [0.717, 1.165) is 0 Å². The van der Waals surface area contributed by atoms with Gasteiger partial charge in [0.15, 0.2) is 0 Å². The number of alkyl halides is 8. The molecular formula is C72H121Br8N17O18. The fourth-order valence-corrected chi connectivity index (χ4v) is 11.1. The van der Waals surface area contributed by atoms with Crippen molar-refractivity contribution in [3.63, 3.8) is 0 Å². The summed E-state index contributed by atoms with van der Waals surface area (Å²) in [5, 5.41) is 69.8. The molecule has 0 bridgehead atoms. The van der Waals surface area contributed by atoms with Gasteiger partial charge in [-0.1, -0.05) is 150 Å². The highest BCUT2D eigenvalue weighted by molar-refractivity contribution is 9.11. The number of hydrogen-bond acceptors (Lipinski definition) is 24. The van der Waals surface area contributed by atoms with Crippen molar-refractivity contribution in [2.24, 2.45) is 21.7 Å². The minimum Gasteiger partial charge on any atom is -0.394 e. The highest BCUT2D eigenvalue weighted by atomic mass is 79.9. The molecule has 0 aliphatic rings. The number of ether oxygens (including phenoxy) is 8. The Bertz CT molecular complexity index is 3200. The van der Waals surface area contributed by atoms with Gasteiger partial charge in [0, 0.05) is 68.6 Å². The molecule has 1 unspecified atom stereocenters. The van der Waals surface area contributed by atoms with E-state index >= 15 is 0 Å². The summed E-state index contributed by atoms with van der Waals surface area (Å²) in [5.74, 6) is -2.65. The van der Waals surface area contributed by atoms with E-state index in [1.807, 2.05) is 6.92 Å². The maximum absolute atomic E-state index is 13.5. The average molecular weight is 2150 g/mol. The lowest BCUT2D eigenvalue weighted by molar-refractivity contribution is -0.126. The van der Waals surface area contributed by atoms with E-state index in [-0.39, 0.29) is 225 Å². The van der Waals surface area contributed by atoms with E-state index in [4.69, 9.17) is 43.0 Å². The molecule has 0 aliphatic carbocycles. The summed E-state index contributed by atoms with van der Waals surface area (Å²) in [6.45, 7) is 30.0. The molecule has 115 heavy (non-hydrogen) atoms. The van der Waals surface area contributed by atoms with E-state index in [1.54, 1.807) is 143 Å². The number of aliphatic hydroxyl groups excluding tert-OH is 2. The van der Waals surface area contributed by atoms with Crippen LogP contribution in [0.2, 0.25) is 0 Å². The van der Waals surface area contributed by atoms with Crippen molar-refractivity contribution in [2.75, 3.05) is 145 Å². The van der Waals surface area contributed by atoms with Gasteiger partial charge in [-0.3, -0.25) is 52.4 Å². The van der Waals surface area contributed by atoms with Gasteiger partial charge < -0.3 is 90.6 Å². The normalized spacial score (nSPS) is 13.5. The third-order valence-electron chi connectivity index (χ3n) is 17.1. The van der Waals surface area contributed by atoms with Crippen LogP contribution >= 0.6 is 127 Å². The molecule has 658 valence electrons. The molecule has 0 fully saturated rings. The Balaban J connectivity index is 2.22. The predicted octanol–water partition coefficient (Wildman–Crippen LogP) is 5.13. The number of halogens is 8. The Kier molecular flexibility index (Phi) is 44.1. The van der Waals surface area contributed by atoms with Crippen LogP contribution in [0.3, 0.4) is 0 Å². The number of rotatable bonds is 59. The molecule has 1 atom stereocenters. The molecule has 3 rings (SSSR count). The minimum atomic E-state index is -1.14. The monoisotopic (exact) mass is 2140 g/mol. The second-order valence-corrected chi connectivity index (χ2v) is 48.9. The third-order valence-corrected chi connectivity index (χ3v) is 20.0. The van der Waals surface area contributed by atoms with Gasteiger partial charge in [0.05, 0.1) is 191 Å². The summed E-state index contributed by atoms with van der Waals surface area (Å²) in [5.41, 5.74) is -3.04. The van der Waals surface area contributed by atoms with Crippen LogP contribution in [0.15, 0.2) is 18.6 Å².